The van der Waals surface area contributed by atoms with Gasteiger partial charge in [-0.2, -0.15) is 0 Å². The van der Waals surface area contributed by atoms with Crippen LogP contribution in [-0.4, -0.2) is 27.3 Å². The fourth-order valence-corrected chi connectivity index (χ4v) is 2.04. The third-order valence-electron chi connectivity index (χ3n) is 2.51. The number of hydrogen-bond donors (Lipinski definition) is 1. The molecule has 0 fully saturated rings. The summed E-state index contributed by atoms with van der Waals surface area (Å²) >= 11 is 3.37. The Hall–Kier alpha value is -1.27. The molecular weight excluding hydrogens is 302 g/mol. The van der Waals surface area contributed by atoms with E-state index in [1.54, 1.807) is 26.4 Å². The molecule has 1 aromatic carbocycles. The molecule has 0 spiro atoms. The number of benzene rings is 1. The Morgan fingerprint density at radius 3 is 2.17 bits per heavy atom. The molecule has 1 aromatic rings. The van der Waals surface area contributed by atoms with Gasteiger partial charge < -0.3 is 19.9 Å². The first-order chi connectivity index (χ1) is 8.53. The molecule has 0 saturated heterocycles. The van der Waals surface area contributed by atoms with Gasteiger partial charge in [0.05, 0.1) is 27.8 Å². The Morgan fingerprint density at radius 2 is 1.78 bits per heavy atom. The Morgan fingerprint density at radius 1 is 1.28 bits per heavy atom. The van der Waals surface area contributed by atoms with Gasteiger partial charge in [0.2, 0.25) is 0 Å². The van der Waals surface area contributed by atoms with Crippen molar-refractivity contribution in [1.29, 1.82) is 0 Å². The monoisotopic (exact) mass is 317 g/mol. The predicted molar refractivity (Wildman–Crippen MR) is 70.8 cm³/mol. The third-order valence-corrected chi connectivity index (χ3v) is 3.29. The molecule has 0 aliphatic heterocycles. The average molecular weight is 318 g/mol. The summed E-state index contributed by atoms with van der Waals surface area (Å²) in [7, 11) is 4.43. The SMILES string of the molecule is COC(=O)C[C@H](N)c1cc(OC)c(Br)c(OC)c1. The van der Waals surface area contributed by atoms with Gasteiger partial charge in [-0.05, 0) is 33.6 Å². The van der Waals surface area contributed by atoms with Gasteiger partial charge in [-0.15, -0.1) is 0 Å². The highest BCUT2D eigenvalue weighted by Gasteiger charge is 2.17. The van der Waals surface area contributed by atoms with E-state index < -0.39 is 6.04 Å². The Kier molecular flexibility index (Phi) is 5.43. The van der Waals surface area contributed by atoms with Crippen molar-refractivity contribution in [3.05, 3.63) is 22.2 Å². The average Bonchev–Trinajstić information content (AvgIpc) is 2.38. The number of ether oxygens (including phenoxy) is 3. The van der Waals surface area contributed by atoms with Crippen molar-refractivity contribution in [2.24, 2.45) is 5.73 Å². The third kappa shape index (κ3) is 3.36. The van der Waals surface area contributed by atoms with Crippen LogP contribution in [0.4, 0.5) is 0 Å². The second-order valence-corrected chi connectivity index (χ2v) is 4.42. The largest absolute Gasteiger partial charge is 0.495 e. The van der Waals surface area contributed by atoms with Gasteiger partial charge in [0, 0.05) is 6.04 Å². The van der Waals surface area contributed by atoms with Crippen molar-refractivity contribution in [3.63, 3.8) is 0 Å². The van der Waals surface area contributed by atoms with Crippen LogP contribution in [0.3, 0.4) is 0 Å². The van der Waals surface area contributed by atoms with Gasteiger partial charge in [0.25, 0.3) is 0 Å². The molecule has 0 amide bonds. The van der Waals surface area contributed by atoms with Crippen molar-refractivity contribution in [2.75, 3.05) is 21.3 Å². The first-order valence-electron chi connectivity index (χ1n) is 5.27. The summed E-state index contributed by atoms with van der Waals surface area (Å²) in [6.07, 6.45) is 0.102. The van der Waals surface area contributed by atoms with Gasteiger partial charge in [-0.3, -0.25) is 4.79 Å². The zero-order valence-corrected chi connectivity index (χ0v) is 12.1. The highest BCUT2D eigenvalue weighted by molar-refractivity contribution is 9.10. The standard InChI is InChI=1S/C12H16BrNO4/c1-16-9-4-7(5-10(17-2)12(9)13)8(14)6-11(15)18-3/h4-5,8H,6,14H2,1-3H3/t8-/m0/s1. The van der Waals surface area contributed by atoms with Crippen LogP contribution < -0.4 is 15.2 Å². The number of hydrogen-bond acceptors (Lipinski definition) is 5. The van der Waals surface area contributed by atoms with E-state index in [9.17, 15) is 4.79 Å². The summed E-state index contributed by atoms with van der Waals surface area (Å²) in [5.74, 6) is 0.845. The molecular formula is C12H16BrNO4. The minimum absolute atomic E-state index is 0.102. The topological polar surface area (TPSA) is 70.8 Å². The van der Waals surface area contributed by atoms with Gasteiger partial charge in [-0.1, -0.05) is 0 Å². The zero-order chi connectivity index (χ0) is 13.7. The van der Waals surface area contributed by atoms with E-state index in [2.05, 4.69) is 20.7 Å². The highest BCUT2D eigenvalue weighted by atomic mass is 79.9. The van der Waals surface area contributed by atoms with E-state index in [0.717, 1.165) is 5.56 Å². The molecule has 0 unspecified atom stereocenters. The molecule has 0 aliphatic rings. The van der Waals surface area contributed by atoms with Crippen molar-refractivity contribution < 1.29 is 19.0 Å². The lowest BCUT2D eigenvalue weighted by atomic mass is 10.0. The molecule has 5 nitrogen and oxygen atoms in total. The van der Waals surface area contributed by atoms with Crippen LogP contribution in [0.15, 0.2) is 16.6 Å². The fourth-order valence-electron chi connectivity index (χ4n) is 1.48. The molecule has 0 radical (unpaired) electrons. The van der Waals surface area contributed by atoms with Crippen LogP contribution in [0.1, 0.15) is 18.0 Å². The second-order valence-electron chi connectivity index (χ2n) is 3.63. The normalized spacial score (nSPS) is 11.8. The smallest absolute Gasteiger partial charge is 0.307 e. The summed E-state index contributed by atoms with van der Waals surface area (Å²) < 4.78 is 15.7. The van der Waals surface area contributed by atoms with E-state index >= 15 is 0 Å². The molecule has 0 saturated carbocycles. The van der Waals surface area contributed by atoms with E-state index in [1.807, 2.05) is 0 Å². The molecule has 2 N–H and O–H groups in total. The summed E-state index contributed by atoms with van der Waals surface area (Å²) in [6, 6.07) is 3.06. The lowest BCUT2D eigenvalue weighted by molar-refractivity contribution is -0.141. The van der Waals surface area contributed by atoms with Crippen molar-refractivity contribution >= 4 is 21.9 Å². The number of carbonyl (C=O) groups excluding carboxylic acids is 1. The number of rotatable bonds is 5. The van der Waals surface area contributed by atoms with Crippen LogP contribution in [0.5, 0.6) is 11.5 Å². The summed E-state index contributed by atoms with van der Waals surface area (Å²) in [4.78, 5) is 11.2. The van der Waals surface area contributed by atoms with E-state index in [-0.39, 0.29) is 12.4 Å². The molecule has 6 heteroatoms. The maximum atomic E-state index is 11.2. The van der Waals surface area contributed by atoms with Gasteiger partial charge in [0.1, 0.15) is 16.0 Å². The Labute approximate surface area is 114 Å². The van der Waals surface area contributed by atoms with Crippen molar-refractivity contribution in [1.82, 2.24) is 0 Å². The lowest BCUT2D eigenvalue weighted by Crippen LogP contribution is -2.16. The second kappa shape index (κ2) is 6.61. The van der Waals surface area contributed by atoms with Crippen LogP contribution in [0.25, 0.3) is 0 Å². The number of esters is 1. The van der Waals surface area contributed by atoms with Crippen molar-refractivity contribution in [2.45, 2.75) is 12.5 Å². The first kappa shape index (κ1) is 14.8. The van der Waals surface area contributed by atoms with Gasteiger partial charge in [-0.25, -0.2) is 0 Å². The molecule has 100 valence electrons. The fraction of sp³-hybridized carbons (Fsp3) is 0.417. The Balaban J connectivity index is 3.05. The molecule has 0 bridgehead atoms. The number of nitrogens with two attached hydrogens (primary N) is 1. The summed E-state index contributed by atoms with van der Waals surface area (Å²) in [5.41, 5.74) is 6.69. The number of halogens is 1. The highest BCUT2D eigenvalue weighted by Crippen LogP contribution is 2.37. The van der Waals surface area contributed by atoms with Gasteiger partial charge in [0.15, 0.2) is 0 Å². The molecule has 1 rings (SSSR count). The quantitative estimate of drug-likeness (QED) is 0.841. The van der Waals surface area contributed by atoms with Crippen LogP contribution in [-0.2, 0) is 9.53 Å². The lowest BCUT2D eigenvalue weighted by Gasteiger charge is -2.15. The van der Waals surface area contributed by atoms with E-state index in [0.29, 0.717) is 16.0 Å². The number of carbonyl (C=O) groups is 1. The van der Waals surface area contributed by atoms with Crippen LogP contribution in [0, 0.1) is 0 Å². The van der Waals surface area contributed by atoms with Crippen LogP contribution >= 0.6 is 15.9 Å². The Bertz CT molecular complexity index is 411. The minimum atomic E-state index is -0.464. The molecule has 0 aliphatic carbocycles. The van der Waals surface area contributed by atoms with E-state index in [4.69, 9.17) is 15.2 Å². The van der Waals surface area contributed by atoms with Crippen LogP contribution in [0.2, 0.25) is 0 Å². The molecule has 18 heavy (non-hydrogen) atoms. The molecule has 0 aromatic heterocycles. The molecule has 1 atom stereocenters. The van der Waals surface area contributed by atoms with Crippen molar-refractivity contribution in [3.8, 4) is 11.5 Å². The zero-order valence-electron chi connectivity index (χ0n) is 10.5. The maximum Gasteiger partial charge on any atom is 0.307 e. The maximum absolute atomic E-state index is 11.2. The van der Waals surface area contributed by atoms with E-state index in [1.165, 1.54) is 7.11 Å². The number of methoxy groups -OCH3 is 3. The molecule has 0 heterocycles. The predicted octanol–water partition coefficient (Wildman–Crippen LogP) is 2.03. The minimum Gasteiger partial charge on any atom is -0.495 e. The summed E-state index contributed by atoms with van der Waals surface area (Å²) in [6.45, 7) is 0. The van der Waals surface area contributed by atoms with Gasteiger partial charge >= 0.3 is 5.97 Å². The summed E-state index contributed by atoms with van der Waals surface area (Å²) in [5, 5.41) is 0. The first-order valence-corrected chi connectivity index (χ1v) is 6.06.